The molecule has 5 nitrogen and oxygen atoms in total. The smallest absolute Gasteiger partial charge is 0.307 e. The number of aryl methyl sites for hydroxylation is 1. The third-order valence-electron chi connectivity index (χ3n) is 3.66. The summed E-state index contributed by atoms with van der Waals surface area (Å²) < 4.78 is 10.5. The number of hydrogen-bond donors (Lipinski definition) is 0. The van der Waals surface area contributed by atoms with Crippen molar-refractivity contribution in [3.05, 3.63) is 42.2 Å². The molecule has 0 unspecified atom stereocenters. The van der Waals surface area contributed by atoms with Crippen LogP contribution in [0.2, 0.25) is 0 Å². The Kier molecular flexibility index (Phi) is 7.00. The Morgan fingerprint density at radius 1 is 1.25 bits per heavy atom. The molecular formula is C19H26N2O3. The van der Waals surface area contributed by atoms with Gasteiger partial charge in [-0.25, -0.2) is 0 Å². The molecule has 0 aliphatic carbocycles. The Hall–Kier alpha value is -2.14. The fraction of sp³-hybridized carbons (Fsp3) is 0.474. The summed E-state index contributed by atoms with van der Waals surface area (Å²) in [7, 11) is 2.01. The molecule has 2 aromatic rings. The summed E-state index contributed by atoms with van der Waals surface area (Å²) in [5.74, 6) is 0.751. The largest absolute Gasteiger partial charge is 0.463 e. The van der Waals surface area contributed by atoms with Crippen molar-refractivity contribution in [2.24, 2.45) is 0 Å². The number of esters is 1. The van der Waals surface area contributed by atoms with Crippen LogP contribution in [0, 0.1) is 0 Å². The van der Waals surface area contributed by atoms with Gasteiger partial charge < -0.3 is 14.2 Å². The molecule has 0 spiro atoms. The first-order chi connectivity index (χ1) is 11.5. The molecule has 0 atom stereocenters. The summed E-state index contributed by atoms with van der Waals surface area (Å²) in [5, 5.41) is 4.12. The lowest BCUT2D eigenvalue weighted by molar-refractivity contribution is -0.147. The van der Waals surface area contributed by atoms with Gasteiger partial charge in [0.25, 0.3) is 0 Å². The van der Waals surface area contributed by atoms with E-state index in [0.717, 1.165) is 36.4 Å². The van der Waals surface area contributed by atoms with Crippen LogP contribution in [0.3, 0.4) is 0 Å². The van der Waals surface area contributed by atoms with Crippen LogP contribution < -0.4 is 0 Å². The number of ether oxygens (including phenoxy) is 1. The Morgan fingerprint density at radius 2 is 2.00 bits per heavy atom. The molecule has 1 aromatic carbocycles. The van der Waals surface area contributed by atoms with Gasteiger partial charge in [0.1, 0.15) is 11.5 Å². The van der Waals surface area contributed by atoms with Gasteiger partial charge in [-0.1, -0.05) is 35.5 Å². The van der Waals surface area contributed by atoms with Gasteiger partial charge >= 0.3 is 5.97 Å². The van der Waals surface area contributed by atoms with Crippen LogP contribution in [-0.4, -0.2) is 42.3 Å². The number of rotatable bonds is 9. The first-order valence-corrected chi connectivity index (χ1v) is 8.43. The maximum absolute atomic E-state index is 11.5. The number of nitrogens with zero attached hydrogens (tertiary/aromatic N) is 2. The molecule has 1 heterocycles. The first-order valence-electron chi connectivity index (χ1n) is 8.43. The minimum Gasteiger partial charge on any atom is -0.463 e. The molecular weight excluding hydrogens is 304 g/mol. The standard InChI is InChI=1S/C19H26N2O3/c1-15(2)23-19(22)11-13-21(3)12-7-10-17-14-18(20-24-17)16-8-5-4-6-9-16/h4-6,8-9,14-15H,7,10-13H2,1-3H3. The summed E-state index contributed by atoms with van der Waals surface area (Å²) in [6.07, 6.45) is 2.17. The van der Waals surface area contributed by atoms with Crippen LogP contribution in [0.1, 0.15) is 32.4 Å². The van der Waals surface area contributed by atoms with E-state index in [0.29, 0.717) is 13.0 Å². The second-order valence-electron chi connectivity index (χ2n) is 6.24. The van der Waals surface area contributed by atoms with E-state index in [9.17, 15) is 4.79 Å². The van der Waals surface area contributed by atoms with Crippen molar-refractivity contribution in [2.75, 3.05) is 20.1 Å². The average molecular weight is 330 g/mol. The van der Waals surface area contributed by atoms with E-state index >= 15 is 0 Å². The van der Waals surface area contributed by atoms with Gasteiger partial charge in [-0.05, 0) is 33.9 Å². The van der Waals surface area contributed by atoms with Crippen molar-refractivity contribution in [2.45, 2.75) is 39.2 Å². The van der Waals surface area contributed by atoms with Gasteiger partial charge in [0.2, 0.25) is 0 Å². The molecule has 0 fully saturated rings. The Morgan fingerprint density at radius 3 is 2.71 bits per heavy atom. The molecule has 0 aliphatic rings. The summed E-state index contributed by atoms with van der Waals surface area (Å²) in [6, 6.07) is 12.0. The lowest BCUT2D eigenvalue weighted by atomic mass is 10.1. The number of hydrogen-bond acceptors (Lipinski definition) is 5. The minimum atomic E-state index is -0.139. The number of aromatic nitrogens is 1. The maximum Gasteiger partial charge on any atom is 0.307 e. The van der Waals surface area contributed by atoms with Gasteiger partial charge in [-0.15, -0.1) is 0 Å². The Labute approximate surface area is 143 Å². The highest BCUT2D eigenvalue weighted by Gasteiger charge is 2.09. The summed E-state index contributed by atoms with van der Waals surface area (Å²) in [6.45, 7) is 5.33. The average Bonchev–Trinajstić information content (AvgIpc) is 3.02. The fourth-order valence-corrected chi connectivity index (χ4v) is 2.41. The number of benzene rings is 1. The van der Waals surface area contributed by atoms with Crippen LogP contribution in [0.15, 0.2) is 40.9 Å². The summed E-state index contributed by atoms with van der Waals surface area (Å²) in [4.78, 5) is 13.7. The Bertz CT molecular complexity index is 623. The molecule has 0 aliphatic heterocycles. The zero-order valence-electron chi connectivity index (χ0n) is 14.7. The highest BCUT2D eigenvalue weighted by Crippen LogP contribution is 2.19. The third kappa shape index (κ3) is 6.16. The van der Waals surface area contributed by atoms with E-state index < -0.39 is 0 Å². The van der Waals surface area contributed by atoms with E-state index in [-0.39, 0.29) is 12.1 Å². The quantitative estimate of drug-likeness (QED) is 0.658. The second kappa shape index (κ2) is 9.23. The van der Waals surface area contributed by atoms with E-state index in [1.807, 2.05) is 57.3 Å². The van der Waals surface area contributed by atoms with Crippen molar-refractivity contribution in [3.8, 4) is 11.3 Å². The monoisotopic (exact) mass is 330 g/mol. The van der Waals surface area contributed by atoms with Gasteiger partial charge in [-0.3, -0.25) is 4.79 Å². The molecule has 1 aromatic heterocycles. The maximum atomic E-state index is 11.5. The normalized spacial score (nSPS) is 11.2. The van der Waals surface area contributed by atoms with Gasteiger partial charge in [0, 0.05) is 24.6 Å². The second-order valence-corrected chi connectivity index (χ2v) is 6.24. The summed E-state index contributed by atoms with van der Waals surface area (Å²) >= 11 is 0. The van der Waals surface area contributed by atoms with Crippen LogP contribution in [0.25, 0.3) is 11.3 Å². The van der Waals surface area contributed by atoms with Crippen LogP contribution in [-0.2, 0) is 16.0 Å². The lowest BCUT2D eigenvalue weighted by Gasteiger charge is -2.16. The van der Waals surface area contributed by atoms with Crippen LogP contribution in [0.4, 0.5) is 0 Å². The zero-order valence-corrected chi connectivity index (χ0v) is 14.7. The third-order valence-corrected chi connectivity index (χ3v) is 3.66. The molecule has 5 heteroatoms. The van der Waals surface area contributed by atoms with Crippen molar-refractivity contribution in [3.63, 3.8) is 0 Å². The molecule has 0 saturated carbocycles. The van der Waals surface area contributed by atoms with Gasteiger partial charge in [0.15, 0.2) is 0 Å². The van der Waals surface area contributed by atoms with Crippen molar-refractivity contribution in [1.29, 1.82) is 0 Å². The minimum absolute atomic E-state index is 0.0481. The molecule has 130 valence electrons. The predicted octanol–water partition coefficient (Wildman–Crippen LogP) is 3.55. The van der Waals surface area contributed by atoms with Crippen molar-refractivity contribution in [1.82, 2.24) is 10.1 Å². The highest BCUT2D eigenvalue weighted by atomic mass is 16.5. The topological polar surface area (TPSA) is 55.6 Å². The Balaban J connectivity index is 1.69. The summed E-state index contributed by atoms with van der Waals surface area (Å²) in [5.41, 5.74) is 1.93. The van der Waals surface area contributed by atoms with E-state index in [2.05, 4.69) is 10.1 Å². The zero-order chi connectivity index (χ0) is 17.4. The highest BCUT2D eigenvalue weighted by molar-refractivity contribution is 5.69. The predicted molar refractivity (Wildman–Crippen MR) is 93.6 cm³/mol. The lowest BCUT2D eigenvalue weighted by Crippen LogP contribution is -2.24. The van der Waals surface area contributed by atoms with Gasteiger partial charge in [0.05, 0.1) is 12.5 Å². The molecule has 0 amide bonds. The fourth-order valence-electron chi connectivity index (χ4n) is 2.41. The van der Waals surface area contributed by atoms with Crippen LogP contribution >= 0.6 is 0 Å². The number of carbonyl (C=O) groups excluding carboxylic acids is 1. The molecule has 0 saturated heterocycles. The molecule has 0 radical (unpaired) electrons. The molecule has 0 N–H and O–H groups in total. The molecule has 24 heavy (non-hydrogen) atoms. The van der Waals surface area contributed by atoms with Crippen LogP contribution in [0.5, 0.6) is 0 Å². The van der Waals surface area contributed by atoms with Crippen molar-refractivity contribution < 1.29 is 14.1 Å². The van der Waals surface area contributed by atoms with Crippen molar-refractivity contribution >= 4 is 5.97 Å². The van der Waals surface area contributed by atoms with E-state index in [4.69, 9.17) is 9.26 Å². The molecule has 2 rings (SSSR count). The number of carbonyl (C=O) groups is 1. The van der Waals surface area contributed by atoms with E-state index in [1.54, 1.807) is 0 Å². The first kappa shape index (κ1) is 18.2. The molecule has 0 bridgehead atoms. The van der Waals surface area contributed by atoms with Gasteiger partial charge in [-0.2, -0.15) is 0 Å². The van der Waals surface area contributed by atoms with E-state index in [1.165, 1.54) is 0 Å². The SMILES string of the molecule is CC(C)OC(=O)CCN(C)CCCc1cc(-c2ccccc2)no1.